The van der Waals surface area contributed by atoms with E-state index in [2.05, 4.69) is 10.0 Å². The number of hydrogen-bond acceptors (Lipinski definition) is 6. The van der Waals surface area contributed by atoms with Crippen molar-refractivity contribution in [1.29, 1.82) is 0 Å². The molecule has 1 heterocycles. The Balaban J connectivity index is 1.58. The molecule has 1 amide bonds. The van der Waals surface area contributed by atoms with Gasteiger partial charge in [0.15, 0.2) is 0 Å². The van der Waals surface area contributed by atoms with Crippen LogP contribution < -0.4 is 10.0 Å². The number of nitrogens with one attached hydrogen (secondary N) is 2. The average molecular weight is 415 g/mol. The Morgan fingerprint density at radius 1 is 1.03 bits per heavy atom. The zero-order chi connectivity index (χ0) is 20.9. The Labute approximate surface area is 166 Å². The maximum Gasteiger partial charge on any atom is 0.269 e. The minimum atomic E-state index is -3.72. The highest BCUT2D eigenvalue weighted by Gasteiger charge is 2.15. The zero-order valence-corrected chi connectivity index (χ0v) is 15.9. The SMILES string of the molecule is O=C(Cc1ccc([N+](=O)[O-])cc1)Nc1ccc(S(=O)(=O)NCc2ccco2)cc1. The van der Waals surface area contributed by atoms with E-state index in [1.54, 1.807) is 12.1 Å². The summed E-state index contributed by atoms with van der Waals surface area (Å²) in [5.74, 6) is 0.161. The molecule has 0 bridgehead atoms. The second-order valence-electron chi connectivity index (χ2n) is 6.08. The van der Waals surface area contributed by atoms with Crippen LogP contribution in [0.25, 0.3) is 0 Å². The number of anilines is 1. The minimum Gasteiger partial charge on any atom is -0.468 e. The second-order valence-corrected chi connectivity index (χ2v) is 7.84. The Morgan fingerprint density at radius 2 is 1.72 bits per heavy atom. The number of hydrogen-bond donors (Lipinski definition) is 2. The van der Waals surface area contributed by atoms with Gasteiger partial charge in [0.2, 0.25) is 15.9 Å². The fourth-order valence-electron chi connectivity index (χ4n) is 2.51. The fourth-order valence-corrected chi connectivity index (χ4v) is 3.50. The molecule has 3 aromatic rings. The van der Waals surface area contributed by atoms with Crippen LogP contribution in [0, 0.1) is 10.1 Å². The van der Waals surface area contributed by atoms with Gasteiger partial charge < -0.3 is 9.73 Å². The number of furan rings is 1. The number of nitrogens with zero attached hydrogens (tertiary/aromatic N) is 1. The summed E-state index contributed by atoms with van der Waals surface area (Å²) in [5, 5.41) is 13.3. The molecule has 0 spiro atoms. The van der Waals surface area contributed by atoms with Gasteiger partial charge in [0.05, 0.1) is 29.0 Å². The van der Waals surface area contributed by atoms with Gasteiger partial charge in [-0.15, -0.1) is 0 Å². The van der Waals surface area contributed by atoms with Crippen LogP contribution in [0.4, 0.5) is 11.4 Å². The van der Waals surface area contributed by atoms with E-state index in [0.717, 1.165) is 0 Å². The van der Waals surface area contributed by atoms with Crippen LogP contribution in [0.3, 0.4) is 0 Å². The molecule has 0 atom stereocenters. The van der Waals surface area contributed by atoms with E-state index < -0.39 is 14.9 Å². The molecule has 0 saturated carbocycles. The van der Waals surface area contributed by atoms with E-state index in [-0.39, 0.29) is 29.5 Å². The summed E-state index contributed by atoms with van der Waals surface area (Å²) in [4.78, 5) is 22.3. The van der Waals surface area contributed by atoms with E-state index >= 15 is 0 Å². The number of nitro groups is 1. The van der Waals surface area contributed by atoms with Gasteiger partial charge in [0.1, 0.15) is 5.76 Å². The molecule has 3 rings (SSSR count). The second kappa shape index (κ2) is 8.67. The lowest BCUT2D eigenvalue weighted by molar-refractivity contribution is -0.384. The van der Waals surface area contributed by atoms with Crippen molar-refractivity contribution in [2.45, 2.75) is 17.9 Å². The predicted octanol–water partition coefficient (Wildman–Crippen LogP) is 2.85. The van der Waals surface area contributed by atoms with Gasteiger partial charge >= 0.3 is 0 Å². The number of non-ortho nitro benzene ring substituents is 1. The molecule has 0 radical (unpaired) electrons. The molecule has 9 nitrogen and oxygen atoms in total. The standard InChI is InChI=1S/C19H17N3O6S/c23-19(12-14-3-7-16(8-4-14)22(24)25)21-15-5-9-18(10-6-15)29(26,27)20-13-17-2-1-11-28-17/h1-11,20H,12-13H2,(H,21,23). The average Bonchev–Trinajstić information content (AvgIpc) is 3.21. The number of carbonyl (C=O) groups excluding carboxylic acids is 1. The third-order valence-corrected chi connectivity index (χ3v) is 5.39. The lowest BCUT2D eigenvalue weighted by Gasteiger charge is -2.08. The van der Waals surface area contributed by atoms with Crippen LogP contribution in [-0.2, 0) is 27.8 Å². The molecule has 10 heteroatoms. The molecule has 1 aromatic heterocycles. The number of sulfonamides is 1. The number of carbonyl (C=O) groups is 1. The number of nitro benzene ring substituents is 1. The number of benzene rings is 2. The summed E-state index contributed by atoms with van der Waals surface area (Å²) in [6.45, 7) is 0.0308. The van der Waals surface area contributed by atoms with Gasteiger partial charge in [-0.3, -0.25) is 14.9 Å². The monoisotopic (exact) mass is 415 g/mol. The molecule has 2 aromatic carbocycles. The third-order valence-electron chi connectivity index (χ3n) is 3.98. The summed E-state index contributed by atoms with van der Waals surface area (Å²) < 4.78 is 32.1. The molecule has 150 valence electrons. The van der Waals surface area contributed by atoms with E-state index in [1.165, 1.54) is 54.8 Å². The van der Waals surface area contributed by atoms with Crippen molar-refractivity contribution in [2.24, 2.45) is 0 Å². The quantitative estimate of drug-likeness (QED) is 0.429. The highest BCUT2D eigenvalue weighted by molar-refractivity contribution is 7.89. The van der Waals surface area contributed by atoms with Gasteiger partial charge in [-0.1, -0.05) is 12.1 Å². The van der Waals surface area contributed by atoms with E-state index in [9.17, 15) is 23.3 Å². The van der Waals surface area contributed by atoms with Gasteiger partial charge in [0.25, 0.3) is 5.69 Å². The van der Waals surface area contributed by atoms with Crippen LogP contribution in [-0.4, -0.2) is 19.2 Å². The molecule has 0 aliphatic carbocycles. The van der Waals surface area contributed by atoms with Crippen LogP contribution in [0.2, 0.25) is 0 Å². The smallest absolute Gasteiger partial charge is 0.269 e. The highest BCUT2D eigenvalue weighted by atomic mass is 32.2. The molecule has 0 aliphatic heterocycles. The largest absolute Gasteiger partial charge is 0.468 e. The van der Waals surface area contributed by atoms with E-state index in [4.69, 9.17) is 4.42 Å². The van der Waals surface area contributed by atoms with Gasteiger partial charge in [0, 0.05) is 17.8 Å². The Hall–Kier alpha value is -3.50. The maximum atomic E-state index is 12.3. The first-order valence-electron chi connectivity index (χ1n) is 8.49. The summed E-state index contributed by atoms with van der Waals surface area (Å²) in [5.41, 5.74) is 1.00. The summed E-state index contributed by atoms with van der Waals surface area (Å²) >= 11 is 0. The molecule has 29 heavy (non-hydrogen) atoms. The lowest BCUT2D eigenvalue weighted by Crippen LogP contribution is -2.23. The Morgan fingerprint density at radius 3 is 2.31 bits per heavy atom. The third kappa shape index (κ3) is 5.50. The first-order chi connectivity index (χ1) is 13.8. The first-order valence-corrected chi connectivity index (χ1v) is 9.97. The topological polar surface area (TPSA) is 132 Å². The Bertz CT molecular complexity index is 1090. The van der Waals surface area contributed by atoms with Crippen LogP contribution >= 0.6 is 0 Å². The van der Waals surface area contributed by atoms with E-state index in [1.807, 2.05) is 0 Å². The van der Waals surface area contributed by atoms with Crippen LogP contribution in [0.1, 0.15) is 11.3 Å². The molecule has 0 saturated heterocycles. The highest BCUT2D eigenvalue weighted by Crippen LogP contribution is 2.16. The van der Waals surface area contributed by atoms with Crippen molar-refractivity contribution in [2.75, 3.05) is 5.32 Å². The van der Waals surface area contributed by atoms with Crippen molar-refractivity contribution >= 4 is 27.3 Å². The Kier molecular flexibility index (Phi) is 6.05. The molecular formula is C19H17N3O6S. The molecule has 0 aliphatic rings. The van der Waals surface area contributed by atoms with Crippen molar-refractivity contribution in [3.05, 3.63) is 88.4 Å². The zero-order valence-electron chi connectivity index (χ0n) is 15.1. The normalized spacial score (nSPS) is 11.2. The molecular weight excluding hydrogens is 398 g/mol. The summed E-state index contributed by atoms with van der Waals surface area (Å²) in [6, 6.07) is 14.7. The minimum absolute atomic E-state index is 0.0305. The molecule has 0 fully saturated rings. The number of amides is 1. The van der Waals surface area contributed by atoms with Gasteiger partial charge in [-0.05, 0) is 42.0 Å². The predicted molar refractivity (Wildman–Crippen MR) is 105 cm³/mol. The van der Waals surface area contributed by atoms with E-state index in [0.29, 0.717) is 17.0 Å². The maximum absolute atomic E-state index is 12.3. The van der Waals surface area contributed by atoms with Crippen molar-refractivity contribution in [3.8, 4) is 0 Å². The van der Waals surface area contributed by atoms with Gasteiger partial charge in [-0.25, -0.2) is 13.1 Å². The first kappa shape index (κ1) is 20.2. The molecule has 0 unspecified atom stereocenters. The lowest BCUT2D eigenvalue weighted by atomic mass is 10.1. The summed E-state index contributed by atoms with van der Waals surface area (Å²) in [6.07, 6.45) is 1.49. The summed E-state index contributed by atoms with van der Waals surface area (Å²) in [7, 11) is -3.72. The number of rotatable bonds is 8. The van der Waals surface area contributed by atoms with Crippen molar-refractivity contribution < 1.29 is 22.6 Å². The fraction of sp³-hybridized carbons (Fsp3) is 0.105. The molecule has 2 N–H and O–H groups in total. The van der Waals surface area contributed by atoms with Gasteiger partial charge in [-0.2, -0.15) is 0 Å². The van der Waals surface area contributed by atoms with Crippen LogP contribution in [0.5, 0.6) is 0 Å². The van der Waals surface area contributed by atoms with Crippen LogP contribution in [0.15, 0.2) is 76.2 Å². The van der Waals surface area contributed by atoms with Crippen molar-refractivity contribution in [1.82, 2.24) is 4.72 Å². The van der Waals surface area contributed by atoms with Crippen molar-refractivity contribution in [3.63, 3.8) is 0 Å².